The van der Waals surface area contributed by atoms with E-state index in [1.807, 2.05) is 48.7 Å². The lowest BCUT2D eigenvalue weighted by molar-refractivity contribution is 0.584. The highest BCUT2D eigenvalue weighted by Gasteiger charge is 2.18. The van der Waals surface area contributed by atoms with Gasteiger partial charge in [-0.3, -0.25) is 4.98 Å². The first-order chi connectivity index (χ1) is 14.8. The van der Waals surface area contributed by atoms with Gasteiger partial charge in [0, 0.05) is 28.6 Å². The van der Waals surface area contributed by atoms with Crippen molar-refractivity contribution in [3.63, 3.8) is 0 Å². The molecular weight excluding hydrogens is 392 g/mol. The Bertz CT molecular complexity index is 1420. The van der Waals surface area contributed by atoms with Crippen LogP contribution in [-0.4, -0.2) is 4.98 Å². The minimum absolute atomic E-state index is 0.00853. The third-order valence-electron chi connectivity index (χ3n) is 5.60. The zero-order valence-corrected chi connectivity index (χ0v) is 17.5. The van der Waals surface area contributed by atoms with Gasteiger partial charge in [0.05, 0.1) is 5.69 Å². The lowest BCUT2D eigenvalue weighted by atomic mass is 9.87. The molecule has 5 aromatic rings. The van der Waals surface area contributed by atoms with Crippen LogP contribution in [0, 0.1) is 11.6 Å². The van der Waals surface area contributed by atoms with E-state index in [1.54, 1.807) is 0 Å². The topological polar surface area (TPSA) is 26.0 Å². The Morgan fingerprint density at radius 2 is 1.55 bits per heavy atom. The van der Waals surface area contributed by atoms with Crippen LogP contribution in [0.5, 0.6) is 0 Å². The van der Waals surface area contributed by atoms with Crippen LogP contribution in [0.3, 0.4) is 0 Å². The molecule has 0 radical (unpaired) electrons. The predicted octanol–water partition coefficient (Wildman–Crippen LogP) is 7.89. The molecule has 0 unspecified atom stereocenters. The van der Waals surface area contributed by atoms with Crippen molar-refractivity contribution in [1.82, 2.24) is 4.98 Å². The van der Waals surface area contributed by atoms with Gasteiger partial charge in [-0.15, -0.1) is 0 Å². The van der Waals surface area contributed by atoms with Gasteiger partial charge in [-0.05, 0) is 64.6 Å². The van der Waals surface area contributed by atoms with Gasteiger partial charge in [0.15, 0.2) is 0 Å². The van der Waals surface area contributed by atoms with Gasteiger partial charge in [0.2, 0.25) is 0 Å². The Morgan fingerprint density at radius 1 is 0.774 bits per heavy atom. The highest BCUT2D eigenvalue weighted by molar-refractivity contribution is 6.10. The van der Waals surface area contributed by atoms with Gasteiger partial charge >= 0.3 is 0 Å². The van der Waals surface area contributed by atoms with E-state index in [0.29, 0.717) is 16.7 Å². The summed E-state index contributed by atoms with van der Waals surface area (Å²) in [5.74, 6) is -1.21. The van der Waals surface area contributed by atoms with Gasteiger partial charge in [-0.25, -0.2) is 8.78 Å². The normalized spacial score (nSPS) is 12.0. The zero-order chi connectivity index (χ0) is 21.8. The number of aromatic nitrogens is 1. The van der Waals surface area contributed by atoms with Crippen LogP contribution in [0.25, 0.3) is 44.3 Å². The highest BCUT2D eigenvalue weighted by atomic mass is 19.1. The average Bonchev–Trinajstić information content (AvgIpc) is 3.10. The van der Waals surface area contributed by atoms with Gasteiger partial charge in [0.25, 0.3) is 0 Å². The lowest BCUT2D eigenvalue weighted by Crippen LogP contribution is -2.11. The van der Waals surface area contributed by atoms with E-state index in [2.05, 4.69) is 31.8 Å². The minimum atomic E-state index is -0.605. The maximum absolute atomic E-state index is 13.7. The molecule has 31 heavy (non-hydrogen) atoms. The molecule has 2 aromatic heterocycles. The fourth-order valence-electron chi connectivity index (χ4n) is 3.94. The summed E-state index contributed by atoms with van der Waals surface area (Å²) in [7, 11) is 0. The largest absolute Gasteiger partial charge is 0.455 e. The standard InChI is InChI=1S/C27H21F2NO/c1-27(2,3)18-9-10-30-24(14-18)23-6-4-5-22-21-8-7-16(13-25(21)31-26(22)23)17-11-19(28)15-20(29)12-17/h4-15H,1-3H3. The Hall–Kier alpha value is -3.53. The van der Waals surface area contributed by atoms with Crippen molar-refractivity contribution >= 4 is 21.9 Å². The van der Waals surface area contributed by atoms with Crippen LogP contribution < -0.4 is 0 Å². The minimum Gasteiger partial charge on any atom is -0.455 e. The summed E-state index contributed by atoms with van der Waals surface area (Å²) in [5.41, 5.74) is 5.55. The van der Waals surface area contributed by atoms with Gasteiger partial charge in [0.1, 0.15) is 22.8 Å². The quantitative estimate of drug-likeness (QED) is 0.294. The molecule has 3 aromatic carbocycles. The highest BCUT2D eigenvalue weighted by Crippen LogP contribution is 2.37. The second-order valence-corrected chi connectivity index (χ2v) is 8.83. The summed E-state index contributed by atoms with van der Waals surface area (Å²) < 4.78 is 33.6. The lowest BCUT2D eigenvalue weighted by Gasteiger charge is -2.19. The van der Waals surface area contributed by atoms with Crippen molar-refractivity contribution in [2.24, 2.45) is 0 Å². The maximum atomic E-state index is 13.7. The van der Waals surface area contributed by atoms with Crippen molar-refractivity contribution in [3.05, 3.63) is 90.1 Å². The van der Waals surface area contributed by atoms with Crippen molar-refractivity contribution < 1.29 is 13.2 Å². The number of para-hydroxylation sites is 1. The van der Waals surface area contributed by atoms with E-state index in [1.165, 1.54) is 17.7 Å². The fraction of sp³-hybridized carbons (Fsp3) is 0.148. The monoisotopic (exact) mass is 413 g/mol. The fourth-order valence-corrected chi connectivity index (χ4v) is 3.94. The molecule has 5 rings (SSSR count). The third kappa shape index (κ3) is 3.48. The molecular formula is C27H21F2NO. The number of hydrogen-bond acceptors (Lipinski definition) is 2. The van der Waals surface area contributed by atoms with Crippen molar-refractivity contribution in [1.29, 1.82) is 0 Å². The molecule has 0 aliphatic rings. The van der Waals surface area contributed by atoms with Gasteiger partial charge < -0.3 is 4.42 Å². The molecule has 0 aliphatic heterocycles. The van der Waals surface area contributed by atoms with Crippen molar-refractivity contribution in [3.8, 4) is 22.4 Å². The van der Waals surface area contributed by atoms with E-state index in [0.717, 1.165) is 33.7 Å². The van der Waals surface area contributed by atoms with Crippen molar-refractivity contribution in [2.75, 3.05) is 0 Å². The second kappa shape index (κ2) is 7.02. The van der Waals surface area contributed by atoms with Gasteiger partial charge in [-0.2, -0.15) is 0 Å². The number of nitrogens with zero attached hydrogens (tertiary/aromatic N) is 1. The molecule has 2 nitrogen and oxygen atoms in total. The molecule has 0 N–H and O–H groups in total. The molecule has 4 heteroatoms. The van der Waals surface area contributed by atoms with Crippen LogP contribution in [0.4, 0.5) is 8.78 Å². The molecule has 0 spiro atoms. The Balaban J connectivity index is 1.69. The maximum Gasteiger partial charge on any atom is 0.144 e. The molecule has 2 heterocycles. The summed E-state index contributed by atoms with van der Waals surface area (Å²) in [6, 6.07) is 19.3. The summed E-state index contributed by atoms with van der Waals surface area (Å²) in [4.78, 5) is 4.58. The van der Waals surface area contributed by atoms with E-state index in [-0.39, 0.29) is 5.41 Å². The Morgan fingerprint density at radius 3 is 2.29 bits per heavy atom. The number of furan rings is 1. The number of pyridine rings is 1. The smallest absolute Gasteiger partial charge is 0.144 e. The van der Waals surface area contributed by atoms with Crippen LogP contribution >= 0.6 is 0 Å². The van der Waals surface area contributed by atoms with Crippen molar-refractivity contribution in [2.45, 2.75) is 26.2 Å². The molecule has 0 bridgehead atoms. The molecule has 0 saturated heterocycles. The molecule has 0 fully saturated rings. The SMILES string of the molecule is CC(C)(C)c1ccnc(-c2cccc3c2oc2cc(-c4cc(F)cc(F)c4)ccc23)c1. The van der Waals surface area contributed by atoms with Gasteiger partial charge in [-0.1, -0.05) is 39.0 Å². The molecule has 0 amide bonds. The molecule has 154 valence electrons. The number of fused-ring (bicyclic) bond motifs is 3. The molecule has 0 saturated carbocycles. The van der Waals surface area contributed by atoms with E-state index in [9.17, 15) is 8.78 Å². The average molecular weight is 413 g/mol. The molecule has 0 aliphatic carbocycles. The number of benzene rings is 3. The van der Waals surface area contributed by atoms with Crippen LogP contribution in [0.1, 0.15) is 26.3 Å². The number of rotatable bonds is 2. The number of halogens is 2. The summed E-state index contributed by atoms with van der Waals surface area (Å²) >= 11 is 0. The summed E-state index contributed by atoms with van der Waals surface area (Å²) in [6.45, 7) is 6.51. The third-order valence-corrected chi connectivity index (χ3v) is 5.60. The first-order valence-electron chi connectivity index (χ1n) is 10.2. The van der Waals surface area contributed by atoms with Crippen LogP contribution in [-0.2, 0) is 5.41 Å². The van der Waals surface area contributed by atoms with Crippen LogP contribution in [0.15, 0.2) is 77.3 Å². The Kier molecular flexibility index (Phi) is 4.40. The van der Waals surface area contributed by atoms with E-state index in [4.69, 9.17) is 4.42 Å². The first kappa shape index (κ1) is 19.4. The van der Waals surface area contributed by atoms with E-state index >= 15 is 0 Å². The molecule has 0 atom stereocenters. The second-order valence-electron chi connectivity index (χ2n) is 8.83. The summed E-state index contributed by atoms with van der Waals surface area (Å²) in [5, 5.41) is 1.93. The zero-order valence-electron chi connectivity index (χ0n) is 17.5. The van der Waals surface area contributed by atoms with E-state index < -0.39 is 11.6 Å². The number of hydrogen-bond donors (Lipinski definition) is 0. The predicted molar refractivity (Wildman–Crippen MR) is 121 cm³/mol. The van der Waals surface area contributed by atoms with Crippen LogP contribution in [0.2, 0.25) is 0 Å². The first-order valence-corrected chi connectivity index (χ1v) is 10.2. The Labute approximate surface area is 179 Å². The summed E-state index contributed by atoms with van der Waals surface area (Å²) in [6.07, 6.45) is 1.83.